The fraction of sp³-hybridized carbons (Fsp3) is 0.184. The number of pyridine rings is 1. The highest BCUT2D eigenvalue weighted by atomic mass is 35.5. The minimum absolute atomic E-state index is 0.0148. The van der Waals surface area contributed by atoms with Crippen molar-refractivity contribution in [3.63, 3.8) is 0 Å². The first-order chi connectivity index (χ1) is 44.6. The maximum atomic E-state index is 13.3. The Bertz CT molecular complexity index is 4770. The predicted molar refractivity (Wildman–Crippen MR) is 333 cm³/mol. The lowest BCUT2D eigenvalue weighted by atomic mass is 10.1. The van der Waals surface area contributed by atoms with Crippen molar-refractivity contribution in [3.8, 4) is 11.6 Å². The molecule has 38 nitrogen and oxygen atoms in total. The number of halogens is 2. The topological polar surface area (TPSA) is 540 Å². The lowest BCUT2D eigenvalue weighted by molar-refractivity contribution is -0.432. The zero-order valence-electron chi connectivity index (χ0n) is 47.6. The Balaban J connectivity index is 0.863. The third-order valence-corrected chi connectivity index (χ3v) is 17.4. The molecule has 1 fully saturated rings. The molecule has 5 aromatic carbocycles. The standard InChI is InChI=1S/C49H45Cl2N19O19S5/c1-3-70-42(73)36(41(52)72)23(2)37(43(70)74)66-64-30-11-6-25(20-34(30)92(77,78)79)54-47-57-44(50)56-46(60-47)53-14-15-68-16-18-69(19-17-68)49-59-45(51)58-48(61-49)55-32-13-10-28-29(40(32)94(83,84)85)22-33(91-89-87-76)38(39(28)71)67-65-31-12-7-26(21-35(31)93(80,81)82)63-62-24-4-8-27(9-5-24)90-88-86-75/h4-13,20-22,71,74-76H,3,14-19H2,1-2H3,(H2,52,72)(H,77,78,79)(H,80,81,82)(H,83,84,85)(H,55,58,59,61)(H2,53,54,56,57,60). The maximum Gasteiger partial charge on any atom is 0.297 e. The molecule has 12 N–H and O–H groups in total. The number of aromatic hydroxyl groups is 2. The number of azo groups is 3. The quantitative estimate of drug-likeness (QED) is 0.00791. The number of nitrogens with one attached hydrogen (secondary N) is 3. The number of anilines is 6. The third-order valence-electron chi connectivity index (χ3n) is 13.1. The SMILES string of the molecule is CCn1c(O)c(N=Nc2ccc(Nc3nc(Cl)nc(NCCN4CCN(c5nc(Cl)nc(Nc6ccc7c(O)c(N=Nc8ccc(N=Nc9ccc(SOOO)cc9)cc8S(=O)(=O)O)c(SOOO)cc7c6S(=O)(=O)O)n5)CC4)n3)cc2S(=O)(=O)O)c(C)c(C(N)=O)c1=O. The van der Waals surface area contributed by atoms with Crippen LogP contribution in [0.1, 0.15) is 22.8 Å². The molecular weight excluding hydrogens is 1390 g/mol. The average Bonchev–Trinajstić information content (AvgIpc) is 0.758. The summed E-state index contributed by atoms with van der Waals surface area (Å²) in [7, 11) is -15.3. The zero-order valence-corrected chi connectivity index (χ0v) is 53.2. The lowest BCUT2D eigenvalue weighted by Gasteiger charge is -2.34. The smallest absolute Gasteiger partial charge is 0.297 e. The van der Waals surface area contributed by atoms with Crippen LogP contribution in [0.25, 0.3) is 10.8 Å². The summed E-state index contributed by atoms with van der Waals surface area (Å²) in [5.74, 6) is -2.95. The van der Waals surface area contributed by atoms with Crippen LogP contribution in [0.3, 0.4) is 0 Å². The van der Waals surface area contributed by atoms with E-state index in [9.17, 15) is 58.7 Å². The molecule has 0 bridgehead atoms. The van der Waals surface area contributed by atoms with Gasteiger partial charge in [0.25, 0.3) is 41.8 Å². The Morgan fingerprint density at radius 3 is 1.90 bits per heavy atom. The molecule has 0 spiro atoms. The second-order valence-electron chi connectivity index (χ2n) is 19.0. The molecule has 0 atom stereocenters. The van der Waals surface area contributed by atoms with E-state index in [1.807, 2.05) is 0 Å². The number of hydrogen-bond donors (Lipinski definition) is 11. The number of nitrogens with zero attached hydrogens (tertiary/aromatic N) is 15. The van der Waals surface area contributed by atoms with Crippen LogP contribution in [-0.2, 0) is 55.6 Å². The molecule has 3 aromatic heterocycles. The van der Waals surface area contributed by atoms with Gasteiger partial charge in [-0.15, -0.1) is 29.1 Å². The Hall–Kier alpha value is -8.87. The number of benzene rings is 5. The van der Waals surface area contributed by atoms with Gasteiger partial charge in [-0.2, -0.15) is 65.4 Å². The van der Waals surface area contributed by atoms with E-state index in [-0.39, 0.29) is 103 Å². The van der Waals surface area contributed by atoms with Crippen molar-refractivity contribution in [2.45, 2.75) is 44.9 Å². The summed E-state index contributed by atoms with van der Waals surface area (Å²) >= 11 is 13.5. The first-order valence-corrected chi connectivity index (χ1v) is 32.7. The number of rotatable bonds is 26. The van der Waals surface area contributed by atoms with Crippen LogP contribution >= 0.6 is 47.3 Å². The molecule has 0 radical (unpaired) electrons. The highest BCUT2D eigenvalue weighted by molar-refractivity contribution is 7.95. The molecule has 8 aromatic rings. The molecule has 1 saturated heterocycles. The monoisotopic (exact) mass is 1430 g/mol. The van der Waals surface area contributed by atoms with Crippen LogP contribution in [0.15, 0.2) is 139 Å². The van der Waals surface area contributed by atoms with Crippen molar-refractivity contribution in [3.05, 3.63) is 111 Å². The largest absolute Gasteiger partial charge is 0.505 e. The van der Waals surface area contributed by atoms with Gasteiger partial charge in [0.05, 0.1) is 46.0 Å². The Kier molecular flexibility index (Phi) is 21.9. The van der Waals surface area contributed by atoms with Gasteiger partial charge >= 0.3 is 0 Å². The van der Waals surface area contributed by atoms with Gasteiger partial charge in [0, 0.05) is 72.7 Å². The first-order valence-electron chi connectivity index (χ1n) is 26.2. The normalized spacial score (nSPS) is 13.4. The van der Waals surface area contributed by atoms with E-state index in [1.54, 1.807) is 17.0 Å². The molecule has 0 aliphatic carbocycles. The van der Waals surface area contributed by atoms with Gasteiger partial charge in [-0.05, 0) is 116 Å². The van der Waals surface area contributed by atoms with Crippen molar-refractivity contribution < 1.29 is 83.2 Å². The molecule has 4 heterocycles. The highest BCUT2D eigenvalue weighted by Crippen LogP contribution is 2.48. The highest BCUT2D eigenvalue weighted by Gasteiger charge is 2.29. The first kappa shape index (κ1) is 69.5. The number of nitrogens with two attached hydrogens (primary N) is 1. The van der Waals surface area contributed by atoms with Crippen molar-refractivity contribution in [1.29, 1.82) is 0 Å². The van der Waals surface area contributed by atoms with Crippen LogP contribution < -0.4 is 32.1 Å². The van der Waals surface area contributed by atoms with Crippen LogP contribution in [0.5, 0.6) is 11.6 Å². The summed E-state index contributed by atoms with van der Waals surface area (Å²) in [6.07, 6.45) is 0. The number of phenols is 1. The number of piperazine rings is 1. The molecule has 494 valence electrons. The number of carbonyl (C=O) groups is 1. The summed E-state index contributed by atoms with van der Waals surface area (Å²) in [5.41, 5.74) is 2.06. The van der Waals surface area contributed by atoms with Crippen molar-refractivity contribution >= 4 is 164 Å². The fourth-order valence-electron chi connectivity index (χ4n) is 8.94. The minimum Gasteiger partial charge on any atom is -0.505 e. The van der Waals surface area contributed by atoms with Gasteiger partial charge in [-0.3, -0.25) is 32.7 Å². The van der Waals surface area contributed by atoms with E-state index in [4.69, 9.17) is 39.5 Å². The second-order valence-corrected chi connectivity index (χ2v) is 25.3. The van der Waals surface area contributed by atoms with Crippen LogP contribution in [0.2, 0.25) is 10.6 Å². The molecule has 9 rings (SSSR count). The lowest BCUT2D eigenvalue weighted by Crippen LogP contribution is -2.48. The maximum absolute atomic E-state index is 13.3. The predicted octanol–water partition coefficient (Wildman–Crippen LogP) is 9.08. The average molecular weight is 1440 g/mol. The summed E-state index contributed by atoms with van der Waals surface area (Å²) in [4.78, 5) is 51.6. The summed E-state index contributed by atoms with van der Waals surface area (Å²) < 4.78 is 118. The molecule has 1 aliphatic rings. The van der Waals surface area contributed by atoms with Gasteiger partial charge in [-0.1, -0.05) is 10.1 Å². The number of amides is 1. The zero-order chi connectivity index (χ0) is 67.8. The molecule has 45 heteroatoms. The third kappa shape index (κ3) is 16.7. The van der Waals surface area contributed by atoms with Gasteiger partial charge in [0.15, 0.2) is 5.75 Å². The van der Waals surface area contributed by atoms with Crippen LogP contribution in [-0.4, -0.2) is 144 Å². The molecule has 1 amide bonds. The molecular formula is C49H45Cl2N19O19S5. The van der Waals surface area contributed by atoms with E-state index < -0.39 is 90.8 Å². The fourth-order valence-corrected chi connectivity index (χ4v) is 12.2. The van der Waals surface area contributed by atoms with Crippen molar-refractivity contribution in [2.24, 2.45) is 36.4 Å². The summed E-state index contributed by atoms with van der Waals surface area (Å²) in [5, 5.41) is 78.0. The van der Waals surface area contributed by atoms with Crippen molar-refractivity contribution in [2.75, 3.05) is 60.1 Å². The number of hydrogen-bond acceptors (Lipinski definition) is 35. The van der Waals surface area contributed by atoms with Crippen LogP contribution in [0.4, 0.5) is 69.3 Å². The van der Waals surface area contributed by atoms with Crippen molar-refractivity contribution in [1.82, 2.24) is 39.4 Å². The van der Waals surface area contributed by atoms with E-state index in [0.29, 0.717) is 55.3 Å². The van der Waals surface area contributed by atoms with E-state index >= 15 is 0 Å². The van der Waals surface area contributed by atoms with E-state index in [1.165, 1.54) is 44.2 Å². The number of aromatic nitrogens is 7. The summed E-state index contributed by atoms with van der Waals surface area (Å²) in [6, 6.07) is 16.2. The van der Waals surface area contributed by atoms with Gasteiger partial charge < -0.3 is 36.8 Å². The summed E-state index contributed by atoms with van der Waals surface area (Å²) in [6.45, 7) is 4.95. The number of carbonyl (C=O) groups excluding carboxylic acids is 1. The minimum atomic E-state index is -5.26. The van der Waals surface area contributed by atoms with Gasteiger partial charge in [0.1, 0.15) is 43.0 Å². The molecule has 0 unspecified atom stereocenters. The van der Waals surface area contributed by atoms with Gasteiger partial charge in [0.2, 0.25) is 40.2 Å². The van der Waals surface area contributed by atoms with E-state index in [0.717, 1.165) is 41.0 Å². The van der Waals surface area contributed by atoms with Gasteiger partial charge in [-0.25, -0.2) is 10.5 Å². The second kappa shape index (κ2) is 29.6. The van der Waals surface area contributed by atoms with E-state index in [2.05, 4.69) is 100 Å². The molecule has 94 heavy (non-hydrogen) atoms. The number of primary amides is 1. The Morgan fingerprint density at radius 2 is 1.27 bits per heavy atom. The molecule has 0 saturated carbocycles. The Morgan fingerprint density at radius 1 is 0.670 bits per heavy atom. The number of phenolic OH excluding ortho intramolecular Hbond substituents is 1. The number of fused-ring (bicyclic) bond motifs is 1. The van der Waals surface area contributed by atoms with Crippen LogP contribution in [0, 0.1) is 6.92 Å². The molecule has 1 aliphatic heterocycles. The Labute approximate surface area is 547 Å².